The molecule has 0 atom stereocenters. The van der Waals surface area contributed by atoms with Crippen molar-refractivity contribution in [2.24, 2.45) is 0 Å². The van der Waals surface area contributed by atoms with Crippen LogP contribution in [0.4, 0.5) is 4.39 Å². The monoisotopic (exact) mass is 286 g/mol. The van der Waals surface area contributed by atoms with Gasteiger partial charge in [-0.25, -0.2) is 4.39 Å². The lowest BCUT2D eigenvalue weighted by Crippen LogP contribution is -2.15. The highest BCUT2D eigenvalue weighted by atomic mass is 19.1. The quantitative estimate of drug-likeness (QED) is 0.884. The Hall–Kier alpha value is -1.94. The largest absolute Gasteiger partial charge is 0.487 e. The first-order valence-electron chi connectivity index (χ1n) is 7.27. The van der Waals surface area contributed by atoms with E-state index in [4.69, 9.17) is 4.74 Å². The third-order valence-electron chi connectivity index (χ3n) is 3.58. The fourth-order valence-electron chi connectivity index (χ4n) is 2.08. The summed E-state index contributed by atoms with van der Waals surface area (Å²) in [5, 5.41) is 3.45. The highest BCUT2D eigenvalue weighted by Gasteiger charge is 2.19. The zero-order valence-corrected chi connectivity index (χ0v) is 12.1. The van der Waals surface area contributed by atoms with Gasteiger partial charge in [0, 0.05) is 24.8 Å². The van der Waals surface area contributed by atoms with Crippen LogP contribution in [0, 0.1) is 12.7 Å². The van der Waals surface area contributed by atoms with Gasteiger partial charge < -0.3 is 10.1 Å². The zero-order chi connectivity index (χ0) is 14.7. The van der Waals surface area contributed by atoms with Crippen molar-refractivity contribution in [2.45, 2.75) is 39.0 Å². The Balaban J connectivity index is 1.55. The highest BCUT2D eigenvalue weighted by molar-refractivity contribution is 5.32. The predicted molar refractivity (Wildman–Crippen MR) is 79.6 cm³/mol. The summed E-state index contributed by atoms with van der Waals surface area (Å²) in [7, 11) is 0. The fraction of sp³-hybridized carbons (Fsp3) is 0.353. The normalized spacial score (nSPS) is 14.2. The van der Waals surface area contributed by atoms with Crippen molar-refractivity contribution in [1.29, 1.82) is 0 Å². The smallest absolute Gasteiger partial charge is 0.130 e. The summed E-state index contributed by atoms with van der Waals surface area (Å²) in [6.45, 7) is 3.11. The number of pyridine rings is 1. The van der Waals surface area contributed by atoms with Crippen molar-refractivity contribution >= 4 is 0 Å². The Morgan fingerprint density at radius 2 is 2.14 bits per heavy atom. The Morgan fingerprint density at radius 3 is 2.86 bits per heavy atom. The molecule has 1 N–H and O–H groups in total. The predicted octanol–water partition coefficient (Wildman–Crippen LogP) is 3.36. The van der Waals surface area contributed by atoms with Gasteiger partial charge in [0.2, 0.25) is 0 Å². The van der Waals surface area contributed by atoms with Crippen molar-refractivity contribution in [3.8, 4) is 5.75 Å². The number of nitrogens with zero attached hydrogens (tertiary/aromatic N) is 1. The molecular weight excluding hydrogens is 267 g/mol. The summed E-state index contributed by atoms with van der Waals surface area (Å²) < 4.78 is 18.8. The molecule has 110 valence electrons. The maximum absolute atomic E-state index is 13.2. The second kappa shape index (κ2) is 6.22. The van der Waals surface area contributed by atoms with Crippen LogP contribution in [-0.4, -0.2) is 11.0 Å². The number of hydrogen-bond acceptors (Lipinski definition) is 3. The van der Waals surface area contributed by atoms with Crippen LogP contribution >= 0.6 is 0 Å². The number of benzene rings is 1. The van der Waals surface area contributed by atoms with Crippen LogP contribution < -0.4 is 10.1 Å². The molecule has 1 aliphatic rings. The summed E-state index contributed by atoms with van der Waals surface area (Å²) in [6, 6.07) is 9.26. The standard InChI is InChI=1S/C17H19FN2O/c1-12-2-4-14(18)8-17(12)21-11-16-5-3-13(10-20-16)9-19-15-6-7-15/h2-5,8,10,15,19H,6-7,9,11H2,1H3. The molecule has 1 aliphatic carbocycles. The SMILES string of the molecule is Cc1ccc(F)cc1OCc1ccc(CNC2CC2)cn1. The van der Waals surface area contributed by atoms with Crippen LogP contribution in [-0.2, 0) is 13.2 Å². The number of hydrogen-bond donors (Lipinski definition) is 1. The van der Waals surface area contributed by atoms with Crippen molar-refractivity contribution in [1.82, 2.24) is 10.3 Å². The molecule has 21 heavy (non-hydrogen) atoms. The summed E-state index contributed by atoms with van der Waals surface area (Å²) in [6.07, 6.45) is 4.44. The molecule has 0 unspecified atom stereocenters. The lowest BCUT2D eigenvalue weighted by Gasteiger charge is -2.09. The fourth-order valence-corrected chi connectivity index (χ4v) is 2.08. The maximum Gasteiger partial charge on any atom is 0.130 e. The molecule has 0 radical (unpaired) electrons. The highest BCUT2D eigenvalue weighted by Crippen LogP contribution is 2.20. The van der Waals surface area contributed by atoms with E-state index < -0.39 is 0 Å². The van der Waals surface area contributed by atoms with E-state index in [9.17, 15) is 4.39 Å². The molecule has 2 aromatic rings. The zero-order valence-electron chi connectivity index (χ0n) is 12.1. The van der Waals surface area contributed by atoms with E-state index in [0.717, 1.165) is 17.8 Å². The van der Waals surface area contributed by atoms with Gasteiger partial charge in [0.15, 0.2) is 0 Å². The number of aryl methyl sites for hydroxylation is 1. The van der Waals surface area contributed by atoms with E-state index in [1.807, 2.05) is 19.2 Å². The molecule has 1 fully saturated rings. The Morgan fingerprint density at radius 1 is 1.29 bits per heavy atom. The molecule has 0 saturated heterocycles. The third kappa shape index (κ3) is 4.02. The second-order valence-corrected chi connectivity index (χ2v) is 5.51. The molecule has 0 spiro atoms. The molecule has 0 aliphatic heterocycles. The molecule has 0 bridgehead atoms. The molecule has 3 rings (SSSR count). The molecule has 4 heteroatoms. The summed E-state index contributed by atoms with van der Waals surface area (Å²) in [4.78, 5) is 4.39. The molecule has 0 amide bonds. The van der Waals surface area contributed by atoms with Crippen LogP contribution in [0.2, 0.25) is 0 Å². The minimum absolute atomic E-state index is 0.287. The third-order valence-corrected chi connectivity index (χ3v) is 3.58. The van der Waals surface area contributed by atoms with E-state index in [1.54, 1.807) is 6.07 Å². The van der Waals surface area contributed by atoms with Gasteiger partial charge in [0.25, 0.3) is 0 Å². The van der Waals surface area contributed by atoms with Gasteiger partial charge in [0.1, 0.15) is 18.2 Å². The molecule has 1 aromatic carbocycles. The minimum Gasteiger partial charge on any atom is -0.487 e. The molecule has 1 saturated carbocycles. The van der Waals surface area contributed by atoms with Gasteiger partial charge in [-0.2, -0.15) is 0 Å². The average Bonchev–Trinajstić information content (AvgIpc) is 3.31. The molecular formula is C17H19FN2O. The van der Waals surface area contributed by atoms with Gasteiger partial charge in [0.05, 0.1) is 5.69 Å². The van der Waals surface area contributed by atoms with Crippen LogP contribution in [0.25, 0.3) is 0 Å². The Labute approximate surface area is 124 Å². The Bertz CT molecular complexity index is 609. The van der Waals surface area contributed by atoms with Crippen molar-refractivity contribution < 1.29 is 9.13 Å². The van der Waals surface area contributed by atoms with Crippen LogP contribution in [0.1, 0.15) is 29.7 Å². The van der Waals surface area contributed by atoms with E-state index in [0.29, 0.717) is 18.4 Å². The number of ether oxygens (including phenoxy) is 1. The van der Waals surface area contributed by atoms with E-state index in [2.05, 4.69) is 16.4 Å². The first kappa shape index (κ1) is 14.0. The Kier molecular flexibility index (Phi) is 4.15. The lowest BCUT2D eigenvalue weighted by molar-refractivity contribution is 0.297. The summed E-state index contributed by atoms with van der Waals surface area (Å²) in [5.74, 6) is 0.279. The molecule has 1 heterocycles. The van der Waals surface area contributed by atoms with Gasteiger partial charge in [-0.05, 0) is 43.0 Å². The van der Waals surface area contributed by atoms with E-state index >= 15 is 0 Å². The van der Waals surface area contributed by atoms with Gasteiger partial charge >= 0.3 is 0 Å². The van der Waals surface area contributed by atoms with Gasteiger partial charge in [-0.15, -0.1) is 0 Å². The number of halogens is 1. The van der Waals surface area contributed by atoms with Crippen molar-refractivity contribution in [2.75, 3.05) is 0 Å². The van der Waals surface area contributed by atoms with Crippen LogP contribution in [0.3, 0.4) is 0 Å². The van der Waals surface area contributed by atoms with E-state index in [-0.39, 0.29) is 5.82 Å². The number of aromatic nitrogens is 1. The summed E-state index contributed by atoms with van der Waals surface area (Å²) in [5.41, 5.74) is 2.93. The van der Waals surface area contributed by atoms with Crippen molar-refractivity contribution in [3.05, 3.63) is 59.2 Å². The lowest BCUT2D eigenvalue weighted by atomic mass is 10.2. The van der Waals surface area contributed by atoms with Gasteiger partial charge in [-0.1, -0.05) is 12.1 Å². The second-order valence-electron chi connectivity index (χ2n) is 5.51. The average molecular weight is 286 g/mol. The minimum atomic E-state index is -0.287. The topological polar surface area (TPSA) is 34.1 Å². The van der Waals surface area contributed by atoms with Crippen LogP contribution in [0.5, 0.6) is 5.75 Å². The van der Waals surface area contributed by atoms with Crippen molar-refractivity contribution in [3.63, 3.8) is 0 Å². The number of rotatable bonds is 6. The van der Waals surface area contributed by atoms with E-state index in [1.165, 1.54) is 30.5 Å². The first-order chi connectivity index (χ1) is 10.2. The summed E-state index contributed by atoms with van der Waals surface area (Å²) >= 11 is 0. The maximum atomic E-state index is 13.2. The first-order valence-corrected chi connectivity index (χ1v) is 7.27. The molecule has 1 aromatic heterocycles. The van der Waals surface area contributed by atoms with Gasteiger partial charge in [-0.3, -0.25) is 4.98 Å². The van der Waals surface area contributed by atoms with Crippen LogP contribution in [0.15, 0.2) is 36.5 Å². The molecule has 3 nitrogen and oxygen atoms in total. The number of nitrogens with one attached hydrogen (secondary N) is 1.